The Morgan fingerprint density at radius 2 is 2.47 bits per heavy atom. The molecular weight excluding hydrogens is 208 g/mol. The zero-order chi connectivity index (χ0) is 10.7. The van der Waals surface area contributed by atoms with E-state index in [2.05, 4.69) is 26.8 Å². The molecule has 0 radical (unpaired) electrons. The lowest BCUT2D eigenvalue weighted by molar-refractivity contribution is 0.618. The Labute approximate surface area is 93.0 Å². The van der Waals surface area contributed by atoms with E-state index in [9.17, 15) is 0 Å². The Kier molecular flexibility index (Phi) is 3.01. The van der Waals surface area contributed by atoms with E-state index in [1.807, 2.05) is 24.8 Å². The summed E-state index contributed by atoms with van der Waals surface area (Å²) in [6.45, 7) is 5.04. The van der Waals surface area contributed by atoms with E-state index in [0.717, 1.165) is 17.4 Å². The Morgan fingerprint density at radius 3 is 3.07 bits per heavy atom. The van der Waals surface area contributed by atoms with Crippen molar-refractivity contribution >= 4 is 16.5 Å². The highest BCUT2D eigenvalue weighted by atomic mass is 32.1. The Hall–Kier alpha value is -1.36. The fraction of sp³-hybridized carbons (Fsp3) is 0.400. The number of aryl methyl sites for hydroxylation is 1. The van der Waals surface area contributed by atoms with Gasteiger partial charge in [0.25, 0.3) is 0 Å². The highest BCUT2D eigenvalue weighted by Crippen LogP contribution is 2.15. The van der Waals surface area contributed by atoms with E-state index >= 15 is 0 Å². The minimum Gasteiger partial charge on any atom is -0.357 e. The summed E-state index contributed by atoms with van der Waals surface area (Å²) in [5, 5.41) is 6.39. The van der Waals surface area contributed by atoms with Gasteiger partial charge in [0.2, 0.25) is 0 Å². The number of hydrogen-bond acceptors (Lipinski definition) is 4. The summed E-state index contributed by atoms with van der Waals surface area (Å²) in [5.74, 6) is 0. The van der Waals surface area contributed by atoms with Gasteiger partial charge in [-0.2, -0.15) is 0 Å². The third kappa shape index (κ3) is 2.79. The summed E-state index contributed by atoms with van der Waals surface area (Å²) in [4.78, 5) is 8.37. The van der Waals surface area contributed by atoms with Gasteiger partial charge in [-0.25, -0.2) is 9.97 Å². The zero-order valence-corrected chi connectivity index (χ0v) is 9.66. The van der Waals surface area contributed by atoms with Crippen molar-refractivity contribution in [1.29, 1.82) is 0 Å². The molecule has 2 aromatic rings. The van der Waals surface area contributed by atoms with Gasteiger partial charge in [0.15, 0.2) is 5.13 Å². The van der Waals surface area contributed by atoms with Gasteiger partial charge in [0.1, 0.15) is 0 Å². The normalized spacial score (nSPS) is 12.7. The number of thiazole rings is 1. The molecule has 2 aromatic heterocycles. The first-order chi connectivity index (χ1) is 7.24. The summed E-state index contributed by atoms with van der Waals surface area (Å²) < 4.78 is 2.05. The Morgan fingerprint density at radius 1 is 1.60 bits per heavy atom. The number of hydrogen-bond donors (Lipinski definition) is 1. The molecule has 0 aliphatic rings. The van der Waals surface area contributed by atoms with E-state index in [1.54, 1.807) is 17.5 Å². The molecule has 0 bridgehead atoms. The van der Waals surface area contributed by atoms with E-state index in [0.29, 0.717) is 6.04 Å². The second-order valence-electron chi connectivity index (χ2n) is 3.60. The molecule has 4 nitrogen and oxygen atoms in total. The SMILES string of the molecule is Cc1csc(NC(C)Cn2ccnc2)n1. The smallest absolute Gasteiger partial charge is 0.183 e. The van der Waals surface area contributed by atoms with Gasteiger partial charge >= 0.3 is 0 Å². The highest BCUT2D eigenvalue weighted by molar-refractivity contribution is 7.13. The molecule has 0 spiro atoms. The lowest BCUT2D eigenvalue weighted by Gasteiger charge is -2.12. The maximum Gasteiger partial charge on any atom is 0.183 e. The number of imidazole rings is 1. The minimum atomic E-state index is 0.352. The molecule has 5 heteroatoms. The zero-order valence-electron chi connectivity index (χ0n) is 8.84. The lowest BCUT2D eigenvalue weighted by atomic mass is 10.3. The van der Waals surface area contributed by atoms with E-state index in [1.165, 1.54) is 0 Å². The van der Waals surface area contributed by atoms with Gasteiger partial charge in [-0.1, -0.05) is 0 Å². The van der Waals surface area contributed by atoms with Crippen LogP contribution in [-0.2, 0) is 6.54 Å². The fourth-order valence-electron chi connectivity index (χ4n) is 1.39. The first kappa shape index (κ1) is 10.2. The van der Waals surface area contributed by atoms with Crippen LogP contribution in [0.2, 0.25) is 0 Å². The summed E-state index contributed by atoms with van der Waals surface area (Å²) in [5.41, 5.74) is 1.07. The van der Waals surface area contributed by atoms with Crippen LogP contribution in [0.3, 0.4) is 0 Å². The maximum absolute atomic E-state index is 4.36. The minimum absolute atomic E-state index is 0.352. The lowest BCUT2D eigenvalue weighted by Crippen LogP contribution is -2.21. The Balaban J connectivity index is 1.90. The first-order valence-electron chi connectivity index (χ1n) is 4.88. The quantitative estimate of drug-likeness (QED) is 0.862. The van der Waals surface area contributed by atoms with E-state index < -0.39 is 0 Å². The van der Waals surface area contributed by atoms with E-state index in [-0.39, 0.29) is 0 Å². The van der Waals surface area contributed by atoms with Crippen LogP contribution >= 0.6 is 11.3 Å². The molecule has 0 saturated heterocycles. The topological polar surface area (TPSA) is 42.7 Å². The van der Waals surface area contributed by atoms with Crippen molar-refractivity contribution in [1.82, 2.24) is 14.5 Å². The summed E-state index contributed by atoms with van der Waals surface area (Å²) in [6, 6.07) is 0.352. The molecule has 0 aliphatic carbocycles. The molecule has 80 valence electrons. The summed E-state index contributed by atoms with van der Waals surface area (Å²) >= 11 is 1.64. The molecule has 1 atom stereocenters. The van der Waals surface area contributed by atoms with Gasteiger partial charge < -0.3 is 9.88 Å². The second-order valence-corrected chi connectivity index (χ2v) is 4.46. The third-order valence-corrected chi connectivity index (χ3v) is 2.92. The average Bonchev–Trinajstić information content (AvgIpc) is 2.77. The molecule has 1 unspecified atom stereocenters. The average molecular weight is 222 g/mol. The van der Waals surface area contributed by atoms with Crippen LogP contribution in [0.4, 0.5) is 5.13 Å². The van der Waals surface area contributed by atoms with Crippen LogP contribution < -0.4 is 5.32 Å². The largest absolute Gasteiger partial charge is 0.357 e. The van der Waals surface area contributed by atoms with Gasteiger partial charge in [-0.3, -0.25) is 0 Å². The number of aromatic nitrogens is 3. The van der Waals surface area contributed by atoms with Crippen molar-refractivity contribution < 1.29 is 0 Å². The second kappa shape index (κ2) is 4.44. The molecule has 0 aliphatic heterocycles. The van der Waals surface area contributed by atoms with Crippen molar-refractivity contribution in [2.45, 2.75) is 26.4 Å². The van der Waals surface area contributed by atoms with Crippen molar-refractivity contribution in [3.05, 3.63) is 29.8 Å². The molecule has 0 aromatic carbocycles. The number of rotatable bonds is 4. The van der Waals surface area contributed by atoms with Gasteiger partial charge in [0, 0.05) is 30.4 Å². The van der Waals surface area contributed by atoms with Crippen LogP contribution in [0.25, 0.3) is 0 Å². The predicted octanol–water partition coefficient (Wildman–Crippen LogP) is 2.15. The number of nitrogens with one attached hydrogen (secondary N) is 1. The standard InChI is InChI=1S/C10H14N4S/c1-8(5-14-4-3-11-7-14)12-10-13-9(2)6-15-10/h3-4,6-8H,5H2,1-2H3,(H,12,13). The summed E-state index contributed by atoms with van der Waals surface area (Å²) in [7, 11) is 0. The molecule has 2 heterocycles. The van der Waals surface area contributed by atoms with Gasteiger partial charge in [-0.05, 0) is 13.8 Å². The first-order valence-corrected chi connectivity index (χ1v) is 5.76. The van der Waals surface area contributed by atoms with Gasteiger partial charge in [-0.15, -0.1) is 11.3 Å². The molecule has 2 rings (SSSR count). The fourth-order valence-corrected chi connectivity index (χ4v) is 2.19. The van der Waals surface area contributed by atoms with Crippen LogP contribution in [0, 0.1) is 6.92 Å². The number of anilines is 1. The van der Waals surface area contributed by atoms with Gasteiger partial charge in [0.05, 0.1) is 12.0 Å². The van der Waals surface area contributed by atoms with Crippen LogP contribution in [-0.4, -0.2) is 20.6 Å². The Bertz CT molecular complexity index is 407. The maximum atomic E-state index is 4.36. The number of nitrogens with zero attached hydrogens (tertiary/aromatic N) is 3. The van der Waals surface area contributed by atoms with Crippen molar-refractivity contribution in [3.8, 4) is 0 Å². The molecular formula is C10H14N4S. The predicted molar refractivity (Wildman–Crippen MR) is 62.2 cm³/mol. The van der Waals surface area contributed by atoms with Crippen LogP contribution in [0.15, 0.2) is 24.1 Å². The van der Waals surface area contributed by atoms with Crippen LogP contribution in [0.1, 0.15) is 12.6 Å². The summed E-state index contributed by atoms with van der Waals surface area (Å²) in [6.07, 6.45) is 5.58. The monoisotopic (exact) mass is 222 g/mol. The molecule has 0 amide bonds. The molecule has 15 heavy (non-hydrogen) atoms. The van der Waals surface area contributed by atoms with Crippen molar-refractivity contribution in [2.24, 2.45) is 0 Å². The van der Waals surface area contributed by atoms with Crippen molar-refractivity contribution in [3.63, 3.8) is 0 Å². The molecule has 1 N–H and O–H groups in total. The van der Waals surface area contributed by atoms with Crippen LogP contribution in [0.5, 0.6) is 0 Å². The third-order valence-electron chi connectivity index (χ3n) is 2.03. The molecule has 0 fully saturated rings. The van der Waals surface area contributed by atoms with Crippen molar-refractivity contribution in [2.75, 3.05) is 5.32 Å². The van der Waals surface area contributed by atoms with E-state index in [4.69, 9.17) is 0 Å². The highest BCUT2D eigenvalue weighted by Gasteiger charge is 2.04. The molecule has 0 saturated carbocycles.